The molecule has 0 fully saturated rings. The number of allylic oxidation sites excluding steroid dienone is 1. The molecule has 0 aliphatic heterocycles. The summed E-state index contributed by atoms with van der Waals surface area (Å²) in [4.78, 5) is 22.4. The molecule has 2 amide bonds. The van der Waals surface area contributed by atoms with Crippen molar-refractivity contribution in [3.8, 4) is 0 Å². The van der Waals surface area contributed by atoms with Crippen LogP contribution in [0.4, 0.5) is 0 Å². The van der Waals surface area contributed by atoms with E-state index in [1.807, 2.05) is 9.44 Å². The van der Waals surface area contributed by atoms with Gasteiger partial charge in [0.15, 0.2) is 0 Å². The van der Waals surface area contributed by atoms with E-state index in [1.165, 1.54) is 25.1 Å². The van der Waals surface area contributed by atoms with Crippen LogP contribution in [0.2, 0.25) is 0 Å². The molecule has 0 bridgehead atoms. The molecular formula is C15H20N4O6S2. The van der Waals surface area contributed by atoms with Crippen LogP contribution in [0.25, 0.3) is 0 Å². The third-order valence-corrected chi connectivity index (χ3v) is 6.10. The Morgan fingerprint density at radius 3 is 2.37 bits per heavy atom. The van der Waals surface area contributed by atoms with E-state index in [4.69, 9.17) is 11.1 Å². The number of sulfonamides is 2. The lowest BCUT2D eigenvalue weighted by molar-refractivity contribution is -0.122. The summed E-state index contributed by atoms with van der Waals surface area (Å²) in [6.45, 7) is 2.52. The number of hydrogen-bond donors (Lipinski definition) is 4. The van der Waals surface area contributed by atoms with Crippen molar-refractivity contribution in [1.29, 1.82) is 5.41 Å². The molecule has 1 atom stereocenters. The number of hydrogen-bond acceptors (Lipinski definition) is 8. The average Bonchev–Trinajstić information content (AvgIpc) is 2.54. The van der Waals surface area contributed by atoms with E-state index in [2.05, 4.69) is 0 Å². The van der Waals surface area contributed by atoms with Crippen molar-refractivity contribution < 1.29 is 26.4 Å². The molecule has 0 aliphatic carbocycles. The summed E-state index contributed by atoms with van der Waals surface area (Å²) in [5.74, 6) is -2.41. The van der Waals surface area contributed by atoms with Gasteiger partial charge in [0, 0.05) is 25.3 Å². The molecule has 12 heteroatoms. The summed E-state index contributed by atoms with van der Waals surface area (Å²) in [7, 11) is -8.28. The number of amides is 2. The summed E-state index contributed by atoms with van der Waals surface area (Å²) in [6, 6.07) is 5.57. The van der Waals surface area contributed by atoms with Gasteiger partial charge in [-0.15, -0.1) is 0 Å². The molecule has 0 heterocycles. The summed E-state index contributed by atoms with van der Waals surface area (Å²) < 4.78 is 51.5. The third kappa shape index (κ3) is 6.18. The normalized spacial score (nSPS) is 13.5. The second-order valence-corrected chi connectivity index (χ2v) is 8.96. The van der Waals surface area contributed by atoms with Crippen LogP contribution in [-0.4, -0.2) is 34.9 Å². The maximum absolute atomic E-state index is 12.1. The van der Waals surface area contributed by atoms with Gasteiger partial charge in [-0.25, -0.2) is 26.3 Å². The van der Waals surface area contributed by atoms with Gasteiger partial charge in [0.2, 0.25) is 11.8 Å². The van der Waals surface area contributed by atoms with Gasteiger partial charge >= 0.3 is 0 Å². The first-order valence-electron chi connectivity index (χ1n) is 7.54. The number of nitrogens with two attached hydrogens (primary N) is 1. The van der Waals surface area contributed by atoms with Gasteiger partial charge in [-0.3, -0.25) is 9.59 Å². The van der Waals surface area contributed by atoms with Crippen LogP contribution in [-0.2, 0) is 36.1 Å². The zero-order valence-corrected chi connectivity index (χ0v) is 16.2. The first-order valence-corrected chi connectivity index (χ1v) is 10.5. The Hall–Kier alpha value is -2.73. The van der Waals surface area contributed by atoms with Crippen LogP contribution in [0.1, 0.15) is 19.4 Å². The Morgan fingerprint density at radius 1 is 1.22 bits per heavy atom. The summed E-state index contributed by atoms with van der Waals surface area (Å²) in [5.41, 5.74) is 5.55. The highest BCUT2D eigenvalue weighted by Crippen LogP contribution is 2.15. The average molecular weight is 416 g/mol. The highest BCUT2D eigenvalue weighted by atomic mass is 32.2. The molecule has 1 rings (SSSR count). The molecule has 0 spiro atoms. The highest BCUT2D eigenvalue weighted by Gasteiger charge is 2.23. The number of nitrogens with one attached hydrogen (secondary N) is 3. The second-order valence-electron chi connectivity index (χ2n) is 5.60. The molecule has 0 aromatic heterocycles. The van der Waals surface area contributed by atoms with E-state index in [9.17, 15) is 26.4 Å². The number of carbonyl (C=O) groups excluding carboxylic acids is 2. The van der Waals surface area contributed by atoms with Crippen molar-refractivity contribution in [3.63, 3.8) is 0 Å². The molecule has 0 saturated heterocycles. The smallest absolute Gasteiger partial charge is 0.266 e. The lowest BCUT2D eigenvalue weighted by atomic mass is 10.0. The van der Waals surface area contributed by atoms with E-state index in [0.29, 0.717) is 18.0 Å². The molecule has 5 N–H and O–H groups in total. The lowest BCUT2D eigenvalue weighted by Gasteiger charge is -2.13. The molecule has 1 aromatic rings. The molecular weight excluding hydrogens is 396 g/mol. The van der Waals surface area contributed by atoms with Crippen molar-refractivity contribution in [3.05, 3.63) is 40.9 Å². The molecule has 10 nitrogen and oxygen atoms in total. The minimum absolute atomic E-state index is 0.0387. The van der Waals surface area contributed by atoms with Gasteiger partial charge in [0.25, 0.3) is 20.0 Å². The van der Waals surface area contributed by atoms with E-state index in [-0.39, 0.29) is 11.3 Å². The molecule has 0 radical (unpaired) electrons. The predicted octanol–water partition coefficient (Wildman–Crippen LogP) is -0.414. The summed E-state index contributed by atoms with van der Waals surface area (Å²) in [6.07, 6.45) is 1.22. The highest BCUT2D eigenvalue weighted by molar-refractivity contribution is 7.94. The second kappa shape index (κ2) is 8.77. The largest absolute Gasteiger partial charge is 0.403 e. The van der Waals surface area contributed by atoms with Gasteiger partial charge in [0.05, 0.1) is 4.90 Å². The lowest BCUT2D eigenvalue weighted by Crippen LogP contribution is -2.36. The molecule has 148 valence electrons. The van der Waals surface area contributed by atoms with E-state index < -0.39 is 42.7 Å². The zero-order valence-electron chi connectivity index (χ0n) is 14.6. The van der Waals surface area contributed by atoms with Gasteiger partial charge < -0.3 is 11.1 Å². The molecule has 0 saturated carbocycles. The number of carbonyl (C=O) groups is 2. The van der Waals surface area contributed by atoms with Crippen molar-refractivity contribution in [2.24, 2.45) is 11.7 Å². The third-order valence-electron chi connectivity index (χ3n) is 3.33. The molecule has 1 aromatic carbocycles. The first kappa shape index (κ1) is 22.3. The number of benzene rings is 1. The minimum Gasteiger partial charge on any atom is -0.403 e. The van der Waals surface area contributed by atoms with E-state index >= 15 is 0 Å². The summed E-state index contributed by atoms with van der Waals surface area (Å²) in [5, 5.41) is 6.99. The van der Waals surface area contributed by atoms with Gasteiger partial charge in [-0.05, 0) is 24.1 Å². The van der Waals surface area contributed by atoms with Crippen LogP contribution < -0.4 is 15.2 Å². The zero-order chi connectivity index (χ0) is 20.8. The Morgan fingerprint density at radius 2 is 1.85 bits per heavy atom. The van der Waals surface area contributed by atoms with Crippen LogP contribution in [0.5, 0.6) is 0 Å². The SMILES string of the molecule is CC(=O)NS(=O)(=O)c1cccc(CC(C)C(=O)NS(=O)(=O)/C(C=N)=C/N)c1. The van der Waals surface area contributed by atoms with Gasteiger partial charge in [-0.1, -0.05) is 19.1 Å². The molecule has 27 heavy (non-hydrogen) atoms. The fraction of sp³-hybridized carbons (Fsp3) is 0.267. The van der Waals surface area contributed by atoms with Crippen LogP contribution >= 0.6 is 0 Å². The Kier molecular flexibility index (Phi) is 7.25. The maximum atomic E-state index is 12.1. The van der Waals surface area contributed by atoms with Crippen molar-refractivity contribution in [1.82, 2.24) is 9.44 Å². The quantitative estimate of drug-likeness (QED) is 0.416. The van der Waals surface area contributed by atoms with Crippen LogP contribution in [0, 0.1) is 11.3 Å². The Labute approximate surface area is 157 Å². The Bertz CT molecular complexity index is 983. The van der Waals surface area contributed by atoms with Crippen molar-refractivity contribution in [2.75, 3.05) is 0 Å². The van der Waals surface area contributed by atoms with Crippen LogP contribution in [0.3, 0.4) is 0 Å². The van der Waals surface area contributed by atoms with E-state index in [1.54, 1.807) is 6.07 Å². The topological polar surface area (TPSA) is 176 Å². The van der Waals surface area contributed by atoms with E-state index in [0.717, 1.165) is 6.92 Å². The first-order chi connectivity index (χ1) is 12.4. The van der Waals surface area contributed by atoms with Crippen molar-refractivity contribution >= 4 is 38.1 Å². The van der Waals surface area contributed by atoms with Crippen molar-refractivity contribution in [2.45, 2.75) is 25.2 Å². The Balaban J connectivity index is 2.96. The fourth-order valence-electron chi connectivity index (χ4n) is 2.04. The standard InChI is InChI=1S/C15H20N4O6S2/c1-10(15(21)19-27(24,25)14(8-16)9-17)6-12-4-3-5-13(7-12)26(22,23)18-11(2)20/h3-5,7-10,16H,6,17H2,1-2H3,(H,18,20)(H,19,21)/b14-9+,16-8?. The molecule has 0 aliphatic rings. The molecule has 1 unspecified atom stereocenters. The number of rotatable bonds is 8. The van der Waals surface area contributed by atoms with Gasteiger partial charge in [0.1, 0.15) is 4.91 Å². The summed E-state index contributed by atoms with van der Waals surface area (Å²) >= 11 is 0. The monoisotopic (exact) mass is 416 g/mol. The maximum Gasteiger partial charge on any atom is 0.266 e. The van der Waals surface area contributed by atoms with Gasteiger partial charge in [-0.2, -0.15) is 0 Å². The minimum atomic E-state index is -4.25. The van der Waals surface area contributed by atoms with Crippen LogP contribution in [0.15, 0.2) is 40.3 Å². The fourth-order valence-corrected chi connectivity index (χ4v) is 4.02. The predicted molar refractivity (Wildman–Crippen MR) is 98.4 cm³/mol.